The Kier molecular flexibility index (Phi) is 49.0. The molecule has 0 heterocycles. The number of carbonyl (C=O) groups is 6. The molecule has 0 fully saturated rings. The van der Waals surface area contributed by atoms with Gasteiger partial charge in [0, 0.05) is 52.9 Å². The van der Waals surface area contributed by atoms with E-state index < -0.39 is 35.8 Å². The third kappa shape index (κ3) is 1690. The maximum Gasteiger partial charge on any atom is 0.328 e. The van der Waals surface area contributed by atoms with Crippen LogP contribution in [0.4, 0.5) is 0 Å². The van der Waals surface area contributed by atoms with Crippen molar-refractivity contribution in [3.8, 4) is 0 Å². The van der Waals surface area contributed by atoms with Crippen LogP contribution in [0.3, 0.4) is 0 Å². The second kappa shape index (κ2) is 34.7. The molecule has 166 valence electrons. The molecule has 14 heteroatoms. The summed E-state index contributed by atoms with van der Waals surface area (Å²) in [5, 5.41) is 45.3. The molecule has 0 spiro atoms. The highest BCUT2D eigenvalue weighted by atomic mass is 16.4. The second-order valence-electron chi connectivity index (χ2n) is 3.66. The minimum Gasteiger partial charge on any atom is -0.481 e. The number of nitrogens with two attached hydrogens (primary N) is 2. The highest BCUT2D eigenvalue weighted by Gasteiger charge is 1.88. The minimum absolute atomic E-state index is 0.558. The Labute approximate surface area is 160 Å². The quantitative estimate of drug-likeness (QED) is 0.256. The lowest BCUT2D eigenvalue weighted by molar-refractivity contribution is -0.135. The molecule has 0 aliphatic heterocycles. The van der Waals surface area contributed by atoms with Crippen molar-refractivity contribution in [3.05, 3.63) is 12.2 Å². The lowest BCUT2D eigenvalue weighted by Crippen LogP contribution is -2.11. The first-order valence-corrected chi connectivity index (χ1v) is 6.79. The zero-order chi connectivity index (χ0) is 24.3. The Morgan fingerprint density at radius 1 is 0.536 bits per heavy atom. The van der Waals surface area contributed by atoms with Crippen molar-refractivity contribution in [2.45, 2.75) is 27.7 Å². The Morgan fingerprint density at radius 3 is 0.679 bits per heavy atom. The van der Waals surface area contributed by atoms with Crippen LogP contribution in [-0.4, -0.2) is 79.5 Å². The fourth-order valence-electron chi connectivity index (χ4n) is 0.143. The third-order valence-corrected chi connectivity index (χ3v) is 0.535. The largest absolute Gasteiger partial charge is 0.481 e. The van der Waals surface area contributed by atoms with Gasteiger partial charge in [-0.15, -0.1) is 0 Å². The van der Waals surface area contributed by atoms with Gasteiger partial charge in [-0.25, -0.2) is 9.59 Å². The van der Waals surface area contributed by atoms with Crippen molar-refractivity contribution in [3.63, 3.8) is 0 Å². The van der Waals surface area contributed by atoms with Gasteiger partial charge in [-0.3, -0.25) is 19.2 Å². The van der Waals surface area contributed by atoms with Gasteiger partial charge < -0.3 is 42.1 Å². The molecule has 0 rings (SSSR count). The summed E-state index contributed by atoms with van der Waals surface area (Å²) in [7, 11) is 0. The molecule has 10 N–H and O–H groups in total. The lowest BCUT2D eigenvalue weighted by Gasteiger charge is -1.74. The monoisotopic (exact) mass is 416 g/mol. The van der Waals surface area contributed by atoms with Crippen LogP contribution in [0.2, 0.25) is 0 Å². The summed E-state index contributed by atoms with van der Waals surface area (Å²) in [5.41, 5.74) is 9.81. The summed E-state index contributed by atoms with van der Waals surface area (Å²) in [5.74, 6) is -5.85. The Balaban J connectivity index is -0.0000000536. The van der Waals surface area contributed by atoms with Gasteiger partial charge in [-0.2, -0.15) is 0 Å². The van der Waals surface area contributed by atoms with E-state index in [1.807, 2.05) is 0 Å². The van der Waals surface area contributed by atoms with Crippen molar-refractivity contribution in [2.75, 3.05) is 13.1 Å². The van der Waals surface area contributed by atoms with Crippen LogP contribution in [0, 0.1) is 0 Å². The molecule has 0 atom stereocenters. The SMILES string of the molecule is CC(=O)O.CC(=O)O.CC(=O)O.CC(=O)O.NCCN.O=C(O)/C=C\C(=O)O. The number of carboxylic acids is 6. The number of hydrogen-bond donors (Lipinski definition) is 8. The van der Waals surface area contributed by atoms with Crippen LogP contribution in [0.1, 0.15) is 27.7 Å². The van der Waals surface area contributed by atoms with Gasteiger partial charge in [0.05, 0.1) is 0 Å². The van der Waals surface area contributed by atoms with Gasteiger partial charge in [0.2, 0.25) is 0 Å². The van der Waals surface area contributed by atoms with E-state index >= 15 is 0 Å². The predicted molar refractivity (Wildman–Crippen MR) is 95.8 cm³/mol. The summed E-state index contributed by atoms with van der Waals surface area (Å²) in [6, 6.07) is 0. The van der Waals surface area contributed by atoms with E-state index in [2.05, 4.69) is 0 Å². The molecule has 0 saturated carbocycles. The van der Waals surface area contributed by atoms with Crippen molar-refractivity contribution < 1.29 is 59.4 Å². The third-order valence-electron chi connectivity index (χ3n) is 0.535. The van der Waals surface area contributed by atoms with Gasteiger partial charge in [0.15, 0.2) is 0 Å². The highest BCUT2D eigenvalue weighted by Crippen LogP contribution is 1.70. The van der Waals surface area contributed by atoms with Gasteiger partial charge >= 0.3 is 11.9 Å². The van der Waals surface area contributed by atoms with Crippen molar-refractivity contribution in [1.29, 1.82) is 0 Å². The summed E-state index contributed by atoms with van der Waals surface area (Å²) < 4.78 is 0. The van der Waals surface area contributed by atoms with Gasteiger partial charge in [0.1, 0.15) is 0 Å². The summed E-state index contributed by atoms with van der Waals surface area (Å²) in [4.78, 5) is 55.1. The van der Waals surface area contributed by atoms with Gasteiger partial charge in [-0.05, 0) is 0 Å². The van der Waals surface area contributed by atoms with E-state index in [9.17, 15) is 9.59 Å². The van der Waals surface area contributed by atoms with Crippen molar-refractivity contribution in [2.24, 2.45) is 11.5 Å². The standard InChI is InChI=1S/C4H4O4.C2H8N2.4C2H4O2/c5-3(6)1-2-4(7)8;3-1-2-4;4*1-2(3)4/h1-2H,(H,5,6)(H,7,8);1-4H2;4*1H3,(H,3,4)/b2-1-;;;;;. The molecule has 0 aromatic carbocycles. The molecule has 0 aromatic rings. The average molecular weight is 416 g/mol. The zero-order valence-corrected chi connectivity index (χ0v) is 15.9. The van der Waals surface area contributed by atoms with E-state index in [1.165, 1.54) is 0 Å². The van der Waals surface area contributed by atoms with Crippen LogP contribution < -0.4 is 11.5 Å². The normalized spacial score (nSPS) is 7.36. The maximum atomic E-state index is 9.55. The van der Waals surface area contributed by atoms with E-state index in [-0.39, 0.29) is 0 Å². The van der Waals surface area contributed by atoms with Crippen LogP contribution >= 0.6 is 0 Å². The average Bonchev–Trinajstić information content (AvgIpc) is 2.43. The number of aliphatic carboxylic acids is 6. The Bertz CT molecular complexity index is 393. The number of carboxylic acid groups (broad SMARTS) is 6. The fourth-order valence-corrected chi connectivity index (χ4v) is 0.143. The zero-order valence-electron chi connectivity index (χ0n) is 15.9. The van der Waals surface area contributed by atoms with Crippen LogP contribution in [0.25, 0.3) is 0 Å². The summed E-state index contributed by atoms with van der Waals surface area (Å²) >= 11 is 0. The molecule has 0 unspecified atom stereocenters. The smallest absolute Gasteiger partial charge is 0.328 e. The number of rotatable bonds is 3. The van der Waals surface area contributed by atoms with E-state index in [4.69, 9.17) is 61.3 Å². The second-order valence-corrected chi connectivity index (χ2v) is 3.66. The first-order valence-electron chi connectivity index (χ1n) is 6.79. The molecule has 0 saturated heterocycles. The highest BCUT2D eigenvalue weighted by molar-refractivity contribution is 5.89. The molecule has 0 aromatic heterocycles. The summed E-state index contributed by atoms with van der Waals surface area (Å²) in [6.45, 7) is 5.53. The van der Waals surface area contributed by atoms with Gasteiger partial charge in [-0.1, -0.05) is 0 Å². The molecular formula is C14H28N2O12. The molecule has 0 amide bonds. The molecule has 0 radical (unpaired) electrons. The van der Waals surface area contributed by atoms with Crippen molar-refractivity contribution in [1.82, 2.24) is 0 Å². The molecule has 0 bridgehead atoms. The molecular weight excluding hydrogens is 388 g/mol. The molecule has 0 aliphatic carbocycles. The number of hydrogen-bond acceptors (Lipinski definition) is 8. The van der Waals surface area contributed by atoms with E-state index in [1.54, 1.807) is 0 Å². The minimum atomic E-state index is -1.26. The first-order chi connectivity index (χ1) is 12.5. The van der Waals surface area contributed by atoms with E-state index in [0.717, 1.165) is 27.7 Å². The Morgan fingerprint density at radius 2 is 0.643 bits per heavy atom. The molecule has 28 heavy (non-hydrogen) atoms. The van der Waals surface area contributed by atoms with Crippen LogP contribution in [-0.2, 0) is 28.8 Å². The molecule has 14 nitrogen and oxygen atoms in total. The lowest BCUT2D eigenvalue weighted by atomic mass is 10.5. The summed E-state index contributed by atoms with van der Waals surface area (Å²) in [6.07, 6.45) is 1.12. The topological polar surface area (TPSA) is 276 Å². The molecule has 0 aliphatic rings. The predicted octanol–water partition coefficient (Wildman–Crippen LogP) is -1.02. The maximum absolute atomic E-state index is 9.55. The van der Waals surface area contributed by atoms with Crippen LogP contribution in [0.15, 0.2) is 12.2 Å². The van der Waals surface area contributed by atoms with Crippen molar-refractivity contribution >= 4 is 35.8 Å². The van der Waals surface area contributed by atoms with E-state index in [0.29, 0.717) is 25.2 Å². The van der Waals surface area contributed by atoms with Gasteiger partial charge in [0.25, 0.3) is 23.9 Å². The Hall–Kier alpha value is -3.52. The van der Waals surface area contributed by atoms with Crippen LogP contribution in [0.5, 0.6) is 0 Å². The fraction of sp³-hybridized carbons (Fsp3) is 0.429. The first kappa shape index (κ1) is 39.5.